The molecule has 4 nitrogen and oxygen atoms in total. The van der Waals surface area contributed by atoms with Gasteiger partial charge in [-0.25, -0.2) is 4.98 Å². The van der Waals surface area contributed by atoms with Gasteiger partial charge in [-0.3, -0.25) is 4.90 Å². The van der Waals surface area contributed by atoms with Crippen molar-refractivity contribution in [1.82, 2.24) is 9.88 Å². The summed E-state index contributed by atoms with van der Waals surface area (Å²) >= 11 is 1.76. The summed E-state index contributed by atoms with van der Waals surface area (Å²) in [6.07, 6.45) is 2.90. The van der Waals surface area contributed by atoms with Gasteiger partial charge in [0.25, 0.3) is 0 Å². The van der Waals surface area contributed by atoms with Crippen molar-refractivity contribution in [3.8, 4) is 0 Å². The maximum absolute atomic E-state index is 5.97. The molecule has 0 amide bonds. The van der Waals surface area contributed by atoms with Crippen LogP contribution in [0.1, 0.15) is 30.3 Å². The maximum Gasteiger partial charge on any atom is 0.100 e. The fraction of sp³-hybridized carbons (Fsp3) is 0.786. The Morgan fingerprint density at radius 1 is 1.58 bits per heavy atom. The van der Waals surface area contributed by atoms with Gasteiger partial charge in [0.05, 0.1) is 17.3 Å². The van der Waals surface area contributed by atoms with E-state index in [0.717, 1.165) is 38.4 Å². The van der Waals surface area contributed by atoms with E-state index in [9.17, 15) is 0 Å². The quantitative estimate of drug-likeness (QED) is 0.848. The van der Waals surface area contributed by atoms with E-state index in [0.29, 0.717) is 6.04 Å². The minimum absolute atomic E-state index is 0.239. The van der Waals surface area contributed by atoms with Gasteiger partial charge in [-0.2, -0.15) is 0 Å². The minimum Gasteiger partial charge on any atom is -0.374 e. The van der Waals surface area contributed by atoms with Crippen LogP contribution in [0, 0.1) is 6.92 Å². The molecule has 2 aliphatic heterocycles. The van der Waals surface area contributed by atoms with Crippen LogP contribution in [0.2, 0.25) is 0 Å². The van der Waals surface area contributed by atoms with E-state index in [2.05, 4.69) is 23.7 Å². The van der Waals surface area contributed by atoms with Crippen molar-refractivity contribution >= 4 is 11.3 Å². The Balaban J connectivity index is 1.72. The molecule has 0 bridgehead atoms. The predicted octanol–water partition coefficient (Wildman–Crippen LogP) is 2.22. The van der Waals surface area contributed by atoms with Crippen molar-refractivity contribution in [3.63, 3.8) is 0 Å². The Bertz CT molecular complexity index is 423. The molecule has 0 spiro atoms. The first-order valence-electron chi connectivity index (χ1n) is 7.15. The average Bonchev–Trinajstić information content (AvgIpc) is 2.97. The number of thiazole rings is 1. The molecule has 2 fully saturated rings. The number of nitrogens with zero attached hydrogens (tertiary/aromatic N) is 2. The van der Waals surface area contributed by atoms with Crippen molar-refractivity contribution in [2.75, 3.05) is 19.8 Å². The van der Waals surface area contributed by atoms with E-state index in [-0.39, 0.29) is 12.2 Å². The lowest BCUT2D eigenvalue weighted by molar-refractivity contribution is -0.0749. The smallest absolute Gasteiger partial charge is 0.100 e. The van der Waals surface area contributed by atoms with E-state index in [1.807, 2.05) is 5.51 Å². The second-order valence-electron chi connectivity index (χ2n) is 5.33. The van der Waals surface area contributed by atoms with Crippen molar-refractivity contribution in [1.29, 1.82) is 0 Å². The molecule has 3 heterocycles. The Labute approximate surface area is 118 Å². The number of rotatable bonds is 4. The zero-order valence-electron chi connectivity index (χ0n) is 11.7. The molecule has 0 radical (unpaired) electrons. The van der Waals surface area contributed by atoms with Gasteiger partial charge < -0.3 is 9.47 Å². The summed E-state index contributed by atoms with van der Waals surface area (Å²) in [7, 11) is 0. The fourth-order valence-corrected chi connectivity index (χ4v) is 4.01. The van der Waals surface area contributed by atoms with Gasteiger partial charge in [0.15, 0.2) is 0 Å². The van der Waals surface area contributed by atoms with E-state index in [1.54, 1.807) is 11.3 Å². The Hall–Kier alpha value is -0.490. The van der Waals surface area contributed by atoms with Gasteiger partial charge >= 0.3 is 0 Å². The van der Waals surface area contributed by atoms with Crippen molar-refractivity contribution in [3.05, 3.63) is 16.1 Å². The molecule has 0 aliphatic carbocycles. The molecule has 0 N–H and O–H groups in total. The molecular weight excluding hydrogens is 260 g/mol. The molecule has 19 heavy (non-hydrogen) atoms. The third kappa shape index (κ3) is 2.70. The summed E-state index contributed by atoms with van der Waals surface area (Å²) in [5, 5.41) is 0. The number of fused-ring (bicyclic) bond motifs is 1. The lowest BCUT2D eigenvalue weighted by Crippen LogP contribution is -2.41. The maximum atomic E-state index is 5.97. The second-order valence-corrected chi connectivity index (χ2v) is 6.27. The zero-order valence-corrected chi connectivity index (χ0v) is 12.5. The van der Waals surface area contributed by atoms with Gasteiger partial charge in [-0.1, -0.05) is 0 Å². The zero-order chi connectivity index (χ0) is 13.2. The molecule has 2 aliphatic rings. The third-order valence-corrected chi connectivity index (χ3v) is 5.08. The van der Waals surface area contributed by atoms with E-state index in [4.69, 9.17) is 9.47 Å². The van der Waals surface area contributed by atoms with E-state index < -0.39 is 0 Å². The predicted molar refractivity (Wildman–Crippen MR) is 75.4 cm³/mol. The first-order valence-corrected chi connectivity index (χ1v) is 8.03. The molecule has 1 aromatic heterocycles. The molecule has 106 valence electrons. The number of ether oxygens (including phenoxy) is 2. The molecule has 3 atom stereocenters. The molecule has 5 heteroatoms. The lowest BCUT2D eigenvalue weighted by atomic mass is 10.0. The molecule has 3 rings (SSSR count). The monoisotopic (exact) mass is 282 g/mol. The van der Waals surface area contributed by atoms with E-state index in [1.165, 1.54) is 11.3 Å². The number of hydrogen-bond donors (Lipinski definition) is 0. The third-order valence-electron chi connectivity index (χ3n) is 4.16. The highest BCUT2D eigenvalue weighted by Gasteiger charge is 2.44. The second kappa shape index (κ2) is 5.87. The summed E-state index contributed by atoms with van der Waals surface area (Å²) in [6, 6.07) is 0.520. The molecular formula is C14H22N2O2S. The van der Waals surface area contributed by atoms with Crippen LogP contribution >= 0.6 is 11.3 Å². The van der Waals surface area contributed by atoms with Gasteiger partial charge in [-0.05, 0) is 26.7 Å². The summed E-state index contributed by atoms with van der Waals surface area (Å²) in [5.41, 5.74) is 3.11. The van der Waals surface area contributed by atoms with E-state index >= 15 is 0 Å². The SMILES string of the molecule is CCO[C@@H]1CN(Cc2scnc2C)[C@H]2CCCO[C@@H]12. The van der Waals surface area contributed by atoms with Crippen LogP contribution in [0.25, 0.3) is 0 Å². The van der Waals surface area contributed by atoms with Crippen LogP contribution in [0.4, 0.5) is 0 Å². The van der Waals surface area contributed by atoms with Crippen LogP contribution in [-0.2, 0) is 16.0 Å². The summed E-state index contributed by atoms with van der Waals surface area (Å²) in [4.78, 5) is 8.26. The first kappa shape index (κ1) is 13.5. The highest BCUT2D eigenvalue weighted by atomic mass is 32.1. The largest absolute Gasteiger partial charge is 0.374 e. The lowest BCUT2D eigenvalue weighted by Gasteiger charge is -2.32. The fourth-order valence-electron chi connectivity index (χ4n) is 3.21. The Morgan fingerprint density at radius 3 is 3.21 bits per heavy atom. The number of aromatic nitrogens is 1. The summed E-state index contributed by atoms with van der Waals surface area (Å²) < 4.78 is 11.8. The van der Waals surface area contributed by atoms with Crippen LogP contribution < -0.4 is 0 Å². The standard InChI is InChI=1S/C14H22N2O2S/c1-3-17-12-7-16(8-13-10(2)15-9-19-13)11-5-4-6-18-14(11)12/h9,11-12,14H,3-8H2,1-2H3/t11-,12+,14+/m0/s1. The number of likely N-dealkylation sites (tertiary alicyclic amines) is 1. The molecule has 0 saturated carbocycles. The van der Waals surface area contributed by atoms with Gasteiger partial charge in [0.2, 0.25) is 0 Å². The van der Waals surface area contributed by atoms with Crippen molar-refractivity contribution < 1.29 is 9.47 Å². The normalized spacial score (nSPS) is 31.6. The first-order chi connectivity index (χ1) is 9.29. The average molecular weight is 282 g/mol. The van der Waals surface area contributed by atoms with Gasteiger partial charge in [0.1, 0.15) is 6.10 Å². The van der Waals surface area contributed by atoms with Crippen LogP contribution in [0.3, 0.4) is 0 Å². The number of aryl methyl sites for hydroxylation is 1. The highest BCUT2D eigenvalue weighted by Crippen LogP contribution is 2.32. The van der Waals surface area contributed by atoms with Crippen molar-refractivity contribution in [2.24, 2.45) is 0 Å². The summed E-state index contributed by atoms with van der Waals surface area (Å²) in [5.74, 6) is 0. The Kier molecular flexibility index (Phi) is 4.17. The molecule has 0 aromatic carbocycles. The Morgan fingerprint density at radius 2 is 2.47 bits per heavy atom. The van der Waals surface area contributed by atoms with Crippen molar-refractivity contribution in [2.45, 2.75) is 51.5 Å². The topological polar surface area (TPSA) is 34.6 Å². The minimum atomic E-state index is 0.239. The number of hydrogen-bond acceptors (Lipinski definition) is 5. The van der Waals surface area contributed by atoms with Crippen LogP contribution in [0.5, 0.6) is 0 Å². The highest BCUT2D eigenvalue weighted by molar-refractivity contribution is 7.09. The summed E-state index contributed by atoms with van der Waals surface area (Å²) in [6.45, 7) is 7.79. The molecule has 0 unspecified atom stereocenters. The molecule has 1 aromatic rings. The molecule has 2 saturated heterocycles. The van der Waals surface area contributed by atoms with Crippen LogP contribution in [-0.4, -0.2) is 47.9 Å². The van der Waals surface area contributed by atoms with Gasteiger partial charge in [-0.15, -0.1) is 11.3 Å². The van der Waals surface area contributed by atoms with Crippen LogP contribution in [0.15, 0.2) is 5.51 Å². The van der Waals surface area contributed by atoms with Gasteiger partial charge in [0, 0.05) is 37.2 Å².